The van der Waals surface area contributed by atoms with Gasteiger partial charge in [0.2, 0.25) is 5.91 Å². The molecule has 2 amide bonds. The van der Waals surface area contributed by atoms with Crippen LogP contribution in [0.5, 0.6) is 0 Å². The zero-order chi connectivity index (χ0) is 20.2. The van der Waals surface area contributed by atoms with Crippen LogP contribution in [0.2, 0.25) is 0 Å². The van der Waals surface area contributed by atoms with Crippen molar-refractivity contribution in [1.82, 2.24) is 15.1 Å². The van der Waals surface area contributed by atoms with Crippen molar-refractivity contribution in [3.05, 3.63) is 77.9 Å². The maximum Gasteiger partial charge on any atom is 0.259 e. The van der Waals surface area contributed by atoms with E-state index >= 15 is 0 Å². The molecule has 1 N–H and O–H groups in total. The van der Waals surface area contributed by atoms with Crippen molar-refractivity contribution in [2.24, 2.45) is 0 Å². The van der Waals surface area contributed by atoms with E-state index in [2.05, 4.69) is 16.8 Å². The van der Waals surface area contributed by atoms with Crippen LogP contribution in [-0.4, -0.2) is 61.0 Å². The van der Waals surface area contributed by atoms with Crippen molar-refractivity contribution in [2.75, 3.05) is 39.4 Å². The van der Waals surface area contributed by atoms with Gasteiger partial charge in [-0.2, -0.15) is 0 Å². The molecule has 2 aliphatic heterocycles. The monoisotopic (exact) mass is 391 g/mol. The summed E-state index contributed by atoms with van der Waals surface area (Å²) >= 11 is 0. The maximum absolute atomic E-state index is 12.9. The summed E-state index contributed by atoms with van der Waals surface area (Å²) in [5.41, 5.74) is 3.00. The van der Waals surface area contributed by atoms with Gasteiger partial charge in [0.1, 0.15) is 6.54 Å². The highest BCUT2D eigenvalue weighted by Gasteiger charge is 2.32. The van der Waals surface area contributed by atoms with E-state index in [9.17, 15) is 9.59 Å². The van der Waals surface area contributed by atoms with Gasteiger partial charge in [0.15, 0.2) is 0 Å². The number of ether oxygens (including phenoxy) is 1. The molecule has 0 aromatic heterocycles. The fourth-order valence-electron chi connectivity index (χ4n) is 3.85. The van der Waals surface area contributed by atoms with Gasteiger partial charge in [0, 0.05) is 36.5 Å². The first-order valence-electron chi connectivity index (χ1n) is 9.88. The lowest BCUT2D eigenvalue weighted by Crippen LogP contribution is -2.45. The number of nitrogens with zero attached hydrogens (tertiary/aromatic N) is 2. The number of benzene rings is 2. The largest absolute Gasteiger partial charge is 0.379 e. The minimum absolute atomic E-state index is 0.0429. The summed E-state index contributed by atoms with van der Waals surface area (Å²) in [6.45, 7) is 7.77. The molecule has 0 saturated carbocycles. The Morgan fingerprint density at radius 3 is 2.38 bits per heavy atom. The summed E-state index contributed by atoms with van der Waals surface area (Å²) < 4.78 is 5.43. The Bertz CT molecular complexity index is 872. The Balaban J connectivity index is 1.45. The number of amides is 2. The maximum atomic E-state index is 12.9. The van der Waals surface area contributed by atoms with Crippen LogP contribution in [0, 0.1) is 0 Å². The van der Waals surface area contributed by atoms with Crippen LogP contribution >= 0.6 is 0 Å². The van der Waals surface area contributed by atoms with E-state index < -0.39 is 0 Å². The van der Waals surface area contributed by atoms with Gasteiger partial charge in [-0.1, -0.05) is 55.1 Å². The first kappa shape index (κ1) is 19.4. The van der Waals surface area contributed by atoms with Gasteiger partial charge in [0.05, 0.1) is 19.3 Å². The van der Waals surface area contributed by atoms with E-state index in [1.165, 1.54) is 4.90 Å². The highest BCUT2D eigenvalue weighted by Crippen LogP contribution is 2.30. The molecule has 150 valence electrons. The van der Waals surface area contributed by atoms with E-state index in [1.54, 1.807) is 6.07 Å². The molecule has 6 nitrogen and oxygen atoms in total. The number of hydrogen-bond donors (Lipinski definition) is 1. The van der Waals surface area contributed by atoms with Crippen LogP contribution < -0.4 is 5.32 Å². The third kappa shape index (κ3) is 4.23. The molecule has 29 heavy (non-hydrogen) atoms. The summed E-state index contributed by atoms with van der Waals surface area (Å²) in [4.78, 5) is 29.3. The predicted octanol–water partition coefficient (Wildman–Crippen LogP) is 2.30. The molecule has 6 heteroatoms. The highest BCUT2D eigenvalue weighted by atomic mass is 16.5. The van der Waals surface area contributed by atoms with Gasteiger partial charge in [0.25, 0.3) is 5.91 Å². The van der Waals surface area contributed by atoms with Gasteiger partial charge >= 0.3 is 0 Å². The van der Waals surface area contributed by atoms with Crippen molar-refractivity contribution in [2.45, 2.75) is 6.04 Å². The first-order valence-corrected chi connectivity index (χ1v) is 9.88. The Morgan fingerprint density at radius 1 is 1.03 bits per heavy atom. The third-order valence-electron chi connectivity index (χ3n) is 5.42. The molecule has 0 radical (unpaired) electrons. The number of morpholine rings is 1. The van der Waals surface area contributed by atoms with E-state index in [-0.39, 0.29) is 24.4 Å². The second-order valence-corrected chi connectivity index (χ2v) is 7.33. The summed E-state index contributed by atoms with van der Waals surface area (Å²) in [6.07, 6.45) is 0. The summed E-state index contributed by atoms with van der Waals surface area (Å²) in [6, 6.07) is 17.1. The minimum atomic E-state index is -0.200. The van der Waals surface area contributed by atoms with Crippen LogP contribution in [0.25, 0.3) is 5.70 Å². The second-order valence-electron chi connectivity index (χ2n) is 7.33. The molecular weight excluding hydrogens is 366 g/mol. The number of carbonyl (C=O) groups is 2. The first-order chi connectivity index (χ1) is 14.1. The molecule has 0 aliphatic carbocycles. The van der Waals surface area contributed by atoms with Crippen LogP contribution in [0.15, 0.2) is 61.2 Å². The Labute approximate surface area is 170 Å². The van der Waals surface area contributed by atoms with E-state index in [1.807, 2.05) is 48.5 Å². The highest BCUT2D eigenvalue weighted by molar-refractivity contribution is 6.10. The van der Waals surface area contributed by atoms with E-state index in [0.29, 0.717) is 31.0 Å². The predicted molar refractivity (Wildman–Crippen MR) is 111 cm³/mol. The minimum Gasteiger partial charge on any atom is -0.379 e. The lowest BCUT2D eigenvalue weighted by atomic mass is 10.1. The molecule has 2 aromatic rings. The van der Waals surface area contributed by atoms with E-state index in [0.717, 1.165) is 24.2 Å². The van der Waals surface area contributed by atoms with Crippen molar-refractivity contribution < 1.29 is 14.3 Å². The SMILES string of the molecule is C=C1c2ccccc2C(=O)N1CC(=O)NC(CN1CCOCC1)c1ccccc1. The van der Waals surface area contributed by atoms with E-state index in [4.69, 9.17) is 4.74 Å². The fourth-order valence-corrected chi connectivity index (χ4v) is 3.85. The molecule has 1 fully saturated rings. The van der Waals surface area contributed by atoms with Crippen molar-refractivity contribution >= 4 is 17.5 Å². The Kier molecular flexibility index (Phi) is 5.74. The van der Waals surface area contributed by atoms with Crippen molar-refractivity contribution in [3.8, 4) is 0 Å². The number of rotatable bonds is 6. The lowest BCUT2D eigenvalue weighted by Gasteiger charge is -2.31. The zero-order valence-electron chi connectivity index (χ0n) is 16.3. The number of hydrogen-bond acceptors (Lipinski definition) is 4. The van der Waals surface area contributed by atoms with Crippen LogP contribution in [0.3, 0.4) is 0 Å². The molecule has 2 heterocycles. The second kappa shape index (κ2) is 8.59. The molecule has 2 aliphatic rings. The van der Waals surface area contributed by atoms with Gasteiger partial charge in [-0.25, -0.2) is 0 Å². The lowest BCUT2D eigenvalue weighted by molar-refractivity contribution is -0.122. The molecule has 4 rings (SSSR count). The Morgan fingerprint density at radius 2 is 1.69 bits per heavy atom. The Hall–Kier alpha value is -2.96. The van der Waals surface area contributed by atoms with Crippen molar-refractivity contribution in [3.63, 3.8) is 0 Å². The molecule has 1 saturated heterocycles. The van der Waals surface area contributed by atoms with Gasteiger partial charge in [-0.05, 0) is 11.6 Å². The summed E-state index contributed by atoms with van der Waals surface area (Å²) in [5, 5.41) is 3.12. The summed E-state index contributed by atoms with van der Waals surface area (Å²) in [5.74, 6) is -0.375. The standard InChI is InChI=1S/C23H25N3O3/c1-17-19-9-5-6-10-20(19)23(28)26(17)16-22(27)24-21(18-7-3-2-4-8-18)15-25-11-13-29-14-12-25/h2-10,21H,1,11-16H2,(H,24,27). The zero-order valence-corrected chi connectivity index (χ0v) is 16.3. The fraction of sp³-hybridized carbons (Fsp3) is 0.304. The average Bonchev–Trinajstić information content (AvgIpc) is 3.00. The molecule has 1 atom stereocenters. The van der Waals surface area contributed by atoms with Gasteiger partial charge in [-0.3, -0.25) is 19.4 Å². The average molecular weight is 391 g/mol. The normalized spacial score (nSPS) is 17.9. The summed E-state index contributed by atoms with van der Waals surface area (Å²) in [7, 11) is 0. The van der Waals surface area contributed by atoms with Crippen LogP contribution in [0.1, 0.15) is 27.5 Å². The number of fused-ring (bicyclic) bond motifs is 1. The quantitative estimate of drug-likeness (QED) is 0.821. The molecule has 0 bridgehead atoms. The molecule has 1 unspecified atom stereocenters. The van der Waals surface area contributed by atoms with Crippen molar-refractivity contribution in [1.29, 1.82) is 0 Å². The van der Waals surface area contributed by atoms with Crippen LogP contribution in [-0.2, 0) is 9.53 Å². The topological polar surface area (TPSA) is 61.9 Å². The van der Waals surface area contributed by atoms with Gasteiger partial charge < -0.3 is 10.1 Å². The smallest absolute Gasteiger partial charge is 0.259 e. The third-order valence-corrected chi connectivity index (χ3v) is 5.42. The molecule has 0 spiro atoms. The number of nitrogens with one attached hydrogen (secondary N) is 1. The van der Waals surface area contributed by atoms with Gasteiger partial charge in [-0.15, -0.1) is 0 Å². The number of carbonyl (C=O) groups excluding carboxylic acids is 2. The molecular formula is C23H25N3O3. The molecule has 2 aromatic carbocycles. The van der Waals surface area contributed by atoms with Crippen LogP contribution in [0.4, 0.5) is 0 Å².